The van der Waals surface area contributed by atoms with Gasteiger partial charge in [-0.05, 0) is 43.8 Å². The van der Waals surface area contributed by atoms with Crippen LogP contribution in [0.5, 0.6) is 34.5 Å². The van der Waals surface area contributed by atoms with Gasteiger partial charge in [-0.25, -0.2) is 24.9 Å². The molecule has 0 spiro atoms. The molecule has 2 atom stereocenters. The lowest BCUT2D eigenvalue weighted by atomic mass is 10.2. The summed E-state index contributed by atoms with van der Waals surface area (Å²) in [6.45, 7) is 2.28. The molecule has 0 amide bonds. The molecule has 0 radical (unpaired) electrons. The van der Waals surface area contributed by atoms with E-state index in [0.717, 1.165) is 48.6 Å². The summed E-state index contributed by atoms with van der Waals surface area (Å²) in [5, 5.41) is 28.0. The first-order valence-corrected chi connectivity index (χ1v) is 23.7. The first-order valence-electron chi connectivity index (χ1n) is 21.5. The van der Waals surface area contributed by atoms with Gasteiger partial charge in [-0.2, -0.15) is 15.0 Å². The number of nitrogens with zero attached hydrogens (tertiary/aromatic N) is 11. The normalized spacial score (nSPS) is 15.3. The first kappa shape index (κ1) is 48.6. The monoisotopic (exact) mass is 1000 g/mol. The van der Waals surface area contributed by atoms with Crippen LogP contribution in [-0.2, 0) is 0 Å². The number of ether oxygens (including phenoxy) is 6. The number of benzene rings is 2. The fourth-order valence-corrected chi connectivity index (χ4v) is 9.25. The Morgan fingerprint density at radius 2 is 1.17 bits per heavy atom. The van der Waals surface area contributed by atoms with Crippen LogP contribution in [0.2, 0.25) is 5.28 Å². The van der Waals surface area contributed by atoms with E-state index in [1.54, 1.807) is 72.5 Å². The van der Waals surface area contributed by atoms with Gasteiger partial charge in [0, 0.05) is 36.9 Å². The molecule has 2 aliphatic heterocycles. The molecule has 2 aliphatic rings. The average Bonchev–Trinajstić information content (AvgIpc) is 4.24. The fraction of sp³-hybridized carbons (Fsp3) is 0.364. The summed E-state index contributed by atoms with van der Waals surface area (Å²) in [5.74, 6) is 6.04. The number of anilines is 5. The molecule has 364 valence electrons. The van der Waals surface area contributed by atoms with Crippen LogP contribution in [0.4, 0.5) is 29.2 Å². The zero-order valence-corrected chi connectivity index (χ0v) is 40.9. The predicted octanol–water partition coefficient (Wildman–Crippen LogP) is 6.43. The summed E-state index contributed by atoms with van der Waals surface area (Å²) < 4.78 is 36.2. The van der Waals surface area contributed by atoms with E-state index >= 15 is 0 Å². The third kappa shape index (κ3) is 10.9. The van der Waals surface area contributed by atoms with Crippen molar-refractivity contribution in [3.05, 3.63) is 65.6 Å². The molecule has 8 heterocycles. The summed E-state index contributed by atoms with van der Waals surface area (Å²) in [4.78, 5) is 38.9. The summed E-state index contributed by atoms with van der Waals surface area (Å²) in [5.41, 5.74) is 6.33. The molecule has 0 unspecified atom stereocenters. The Balaban J connectivity index is 0.000000165. The van der Waals surface area contributed by atoms with E-state index in [-0.39, 0.29) is 17.9 Å². The zero-order valence-electron chi connectivity index (χ0n) is 38.5. The highest BCUT2D eigenvalue weighted by Gasteiger charge is 2.28. The highest BCUT2D eigenvalue weighted by atomic mass is 35.5. The third-order valence-corrected chi connectivity index (χ3v) is 12.7. The van der Waals surface area contributed by atoms with Gasteiger partial charge in [0.25, 0.3) is 0 Å². The molecule has 69 heavy (non-hydrogen) atoms. The van der Waals surface area contributed by atoms with Gasteiger partial charge in [-0.3, -0.25) is 0 Å². The van der Waals surface area contributed by atoms with Crippen LogP contribution in [0.15, 0.2) is 60.3 Å². The first-order chi connectivity index (χ1) is 33.7. The highest BCUT2D eigenvalue weighted by molar-refractivity contribution is 7.16. The molecule has 10 rings (SSSR count). The minimum Gasteiger partial charge on any atom is -0.493 e. The highest BCUT2D eigenvalue weighted by Crippen LogP contribution is 2.41. The summed E-state index contributed by atoms with van der Waals surface area (Å²) in [6, 6.07) is 7.77. The van der Waals surface area contributed by atoms with Crippen molar-refractivity contribution < 1.29 is 38.6 Å². The van der Waals surface area contributed by atoms with Gasteiger partial charge < -0.3 is 68.6 Å². The number of hydrogen-bond donors (Lipinski definition) is 5. The predicted molar refractivity (Wildman–Crippen MR) is 264 cm³/mol. The van der Waals surface area contributed by atoms with Gasteiger partial charge in [-0.1, -0.05) is 0 Å². The standard InChI is InChI=1S/C22H25N7O4S.C17H15ClN6O3S.C5H11NO/c1-31-15-7-14(8-16(32-2)19(15)33-3)28-9-17(23-11-28)25-20-18-21(34-12-24-18)27-22(26-20)29-6-4-5-13(29)10-30;1-25-10-4-9(5-11(26-2)14(10)27-3)24-6-12(19-7-24)21-15-13-16(28-8-20-13)23-17(18)22-15;7-4-5-2-1-3-6-5/h7-9,11-13,30H,4-6,10H2,1-3H3,(H,25,26,27);4-8H,1-3H3,(H,21,22,23);5-7H,1-4H2/t13-;;5-/m1.1/s1. The van der Waals surface area contributed by atoms with Crippen molar-refractivity contribution in [3.63, 3.8) is 0 Å². The Kier molecular flexibility index (Phi) is 15.9. The lowest BCUT2D eigenvalue weighted by molar-refractivity contribution is 0.255. The Hall–Kier alpha value is -6.83. The van der Waals surface area contributed by atoms with E-state index < -0.39 is 0 Å². The largest absolute Gasteiger partial charge is 0.493 e. The number of fused-ring (bicyclic) bond motifs is 2. The van der Waals surface area contributed by atoms with E-state index in [4.69, 9.17) is 50.1 Å². The number of aliphatic hydroxyl groups is 2. The Labute approximate surface area is 409 Å². The Bertz CT molecular complexity index is 2930. The Morgan fingerprint density at radius 3 is 1.62 bits per heavy atom. The number of aromatic nitrogens is 10. The van der Waals surface area contributed by atoms with Crippen LogP contribution in [0.1, 0.15) is 25.7 Å². The smallest absolute Gasteiger partial charge is 0.229 e. The van der Waals surface area contributed by atoms with Gasteiger partial charge in [0.15, 0.2) is 44.3 Å². The quantitative estimate of drug-likeness (QED) is 0.0695. The van der Waals surface area contributed by atoms with E-state index in [9.17, 15) is 5.11 Å². The molecule has 22 nitrogen and oxygen atoms in total. The average molecular weight is 1000 g/mol. The molecule has 2 saturated heterocycles. The molecular weight excluding hydrogens is 952 g/mol. The van der Waals surface area contributed by atoms with Crippen molar-refractivity contribution in [2.75, 3.05) is 84.5 Å². The van der Waals surface area contributed by atoms with Crippen molar-refractivity contribution >= 4 is 84.2 Å². The maximum absolute atomic E-state index is 9.73. The molecule has 2 fully saturated rings. The molecule has 0 aliphatic carbocycles. The molecule has 8 aromatic rings. The molecular formula is C44H51ClN14O8S2. The van der Waals surface area contributed by atoms with Gasteiger partial charge in [0.1, 0.15) is 35.3 Å². The minimum absolute atomic E-state index is 0.0254. The maximum atomic E-state index is 9.73. The SMILES string of the molecule is COc1cc(-n2cnc(Nc3nc(Cl)nc4scnc34)c2)cc(OC)c1OC.COc1cc(-n2cnc(Nc3nc(N4CCC[C@@H]4CO)nc4scnc34)c2)cc(OC)c1OC.OC[C@H]1CCCN1. The van der Waals surface area contributed by atoms with Crippen LogP contribution < -0.4 is 49.3 Å². The van der Waals surface area contributed by atoms with Crippen molar-refractivity contribution in [2.24, 2.45) is 0 Å². The van der Waals surface area contributed by atoms with Crippen molar-refractivity contribution in [1.82, 2.24) is 54.3 Å². The molecule has 5 N–H and O–H groups in total. The second kappa shape index (κ2) is 22.5. The number of halogens is 1. The molecule has 2 aromatic carbocycles. The van der Waals surface area contributed by atoms with Gasteiger partial charge in [0.05, 0.1) is 96.7 Å². The van der Waals surface area contributed by atoms with E-state index in [1.807, 2.05) is 39.6 Å². The topological polar surface area (TPSA) is 248 Å². The number of methoxy groups -OCH3 is 6. The lowest BCUT2D eigenvalue weighted by Crippen LogP contribution is -2.33. The van der Waals surface area contributed by atoms with Gasteiger partial charge in [-0.15, -0.1) is 22.7 Å². The number of nitrogens with one attached hydrogen (secondary N) is 3. The second-order valence-electron chi connectivity index (χ2n) is 15.2. The van der Waals surface area contributed by atoms with Crippen LogP contribution >= 0.6 is 34.3 Å². The molecule has 0 bridgehead atoms. The van der Waals surface area contributed by atoms with Crippen molar-refractivity contribution in [2.45, 2.75) is 37.8 Å². The van der Waals surface area contributed by atoms with E-state index in [1.165, 1.54) is 29.1 Å². The van der Waals surface area contributed by atoms with Crippen LogP contribution in [0.3, 0.4) is 0 Å². The Morgan fingerprint density at radius 1 is 0.652 bits per heavy atom. The second-order valence-corrected chi connectivity index (χ2v) is 17.2. The zero-order chi connectivity index (χ0) is 48.4. The van der Waals surface area contributed by atoms with Gasteiger partial charge >= 0.3 is 0 Å². The maximum Gasteiger partial charge on any atom is 0.229 e. The molecule has 0 saturated carbocycles. The van der Waals surface area contributed by atoms with Crippen LogP contribution in [-0.4, -0.2) is 140 Å². The molecule has 25 heteroatoms. The summed E-state index contributed by atoms with van der Waals surface area (Å²) in [6.07, 6.45) is 11.3. The number of aliphatic hydroxyl groups excluding tert-OH is 2. The number of imidazole rings is 2. The number of thiazole rings is 2. The number of hydrogen-bond acceptors (Lipinski definition) is 22. The van der Waals surface area contributed by atoms with Crippen LogP contribution in [0.25, 0.3) is 32.1 Å². The van der Waals surface area contributed by atoms with E-state index in [0.29, 0.717) is 92.2 Å². The van der Waals surface area contributed by atoms with Crippen molar-refractivity contribution in [1.29, 1.82) is 0 Å². The minimum atomic E-state index is 0.0254. The number of rotatable bonds is 15. The lowest BCUT2D eigenvalue weighted by Gasteiger charge is -2.23. The fourth-order valence-electron chi connectivity index (χ4n) is 7.72. The van der Waals surface area contributed by atoms with Crippen LogP contribution in [0, 0.1) is 0 Å². The van der Waals surface area contributed by atoms with E-state index in [2.05, 4.69) is 55.7 Å². The molecule has 6 aromatic heterocycles. The third-order valence-electron chi connectivity index (χ3n) is 11.1. The summed E-state index contributed by atoms with van der Waals surface area (Å²) >= 11 is 8.83. The summed E-state index contributed by atoms with van der Waals surface area (Å²) in [7, 11) is 9.43. The van der Waals surface area contributed by atoms with Gasteiger partial charge in [0.2, 0.25) is 22.7 Å². The van der Waals surface area contributed by atoms with Crippen molar-refractivity contribution in [3.8, 4) is 45.9 Å².